The van der Waals surface area contributed by atoms with E-state index in [4.69, 9.17) is 46.7 Å². The molecule has 5 amide bonds. The molecule has 0 radical (unpaired) electrons. The lowest BCUT2D eigenvalue weighted by Gasteiger charge is -2.37. The summed E-state index contributed by atoms with van der Waals surface area (Å²) in [6.07, 6.45) is -3.78. The van der Waals surface area contributed by atoms with E-state index in [0.29, 0.717) is 28.2 Å². The molecule has 1 aliphatic heterocycles. The lowest BCUT2D eigenvalue weighted by molar-refractivity contribution is -0.117. The Kier molecular flexibility index (Phi) is 27.3. The number of imidazole rings is 1. The highest BCUT2D eigenvalue weighted by Crippen LogP contribution is 2.50. The van der Waals surface area contributed by atoms with Crippen molar-refractivity contribution in [3.05, 3.63) is 290 Å². The van der Waals surface area contributed by atoms with Gasteiger partial charge in [-0.05, 0) is 123 Å². The summed E-state index contributed by atoms with van der Waals surface area (Å²) in [5.74, 6) is -0.762. The lowest BCUT2D eigenvalue weighted by atomic mass is 9.80. The van der Waals surface area contributed by atoms with Gasteiger partial charge in [-0.25, -0.2) is 19.4 Å². The van der Waals surface area contributed by atoms with Crippen LogP contribution in [0.5, 0.6) is 11.5 Å². The van der Waals surface area contributed by atoms with Crippen LogP contribution >= 0.6 is 8.60 Å². The molecule has 6 atom stereocenters. The number of methoxy groups -OCH3 is 2. The summed E-state index contributed by atoms with van der Waals surface area (Å²) in [4.78, 5) is 111. The Labute approximate surface area is 691 Å². The minimum Gasteiger partial charge on any atom is -0.497 e. The van der Waals surface area contributed by atoms with E-state index in [-0.39, 0.29) is 120 Å². The molecule has 3 aliphatic rings. The van der Waals surface area contributed by atoms with Gasteiger partial charge in [-0.15, -0.1) is 0 Å². The number of ether oxygens (including phenoxy) is 7. The zero-order valence-corrected chi connectivity index (χ0v) is 67.1. The highest BCUT2D eigenvalue weighted by Gasteiger charge is 2.45. The van der Waals surface area contributed by atoms with E-state index >= 15 is 0 Å². The van der Waals surface area contributed by atoms with E-state index in [9.17, 15) is 43.9 Å². The highest BCUT2D eigenvalue weighted by atomic mass is 31.2. The average Bonchev–Trinajstić information content (AvgIpc) is 1.21. The molecule has 618 valence electrons. The maximum atomic E-state index is 13.9. The van der Waals surface area contributed by atoms with Crippen molar-refractivity contribution < 1.29 is 75.8 Å². The summed E-state index contributed by atoms with van der Waals surface area (Å²) in [6.45, 7) is 0.869. The van der Waals surface area contributed by atoms with Gasteiger partial charge >= 0.3 is 26.5 Å². The number of aliphatic hydroxyl groups excluding tert-OH is 1. The first-order valence-corrected chi connectivity index (χ1v) is 40.2. The van der Waals surface area contributed by atoms with Crippen molar-refractivity contribution in [2.24, 2.45) is 0 Å². The number of hydrogen-bond acceptors (Lipinski definition) is 22. The Morgan fingerprint density at radius 3 is 1.87 bits per heavy atom. The van der Waals surface area contributed by atoms with Gasteiger partial charge in [-0.3, -0.25) is 38.6 Å². The molecular weight excluding hydrogens is 1560 g/mol. The summed E-state index contributed by atoms with van der Waals surface area (Å²) in [7, 11) is 2.27. The first-order chi connectivity index (χ1) is 58.4. The second-order valence-electron chi connectivity index (χ2n) is 28.8. The molecular formula is C89H89N12O18P. The fraction of sp³-hybridized carbons (Fsp3) is 0.292. The second kappa shape index (κ2) is 39.2. The number of nitriles is 1. The Morgan fingerprint density at radius 1 is 0.692 bits per heavy atom. The van der Waals surface area contributed by atoms with Crippen LogP contribution in [0, 0.1) is 11.3 Å². The number of nitrogens with one attached hydrogen (secondary N) is 5. The molecule has 4 heterocycles. The fourth-order valence-corrected chi connectivity index (χ4v) is 16.0. The van der Waals surface area contributed by atoms with Crippen LogP contribution in [0.25, 0.3) is 33.4 Å². The normalized spacial score (nSPS) is 15.4. The van der Waals surface area contributed by atoms with Crippen LogP contribution in [0.4, 0.5) is 21.4 Å². The third-order valence-corrected chi connectivity index (χ3v) is 22.3. The summed E-state index contributed by atoms with van der Waals surface area (Å²) in [5, 5.41) is 31.7. The summed E-state index contributed by atoms with van der Waals surface area (Å²) in [5.41, 5.74) is 9.09. The van der Waals surface area contributed by atoms with Crippen molar-refractivity contribution in [2.75, 3.05) is 78.0 Å². The average molecular weight is 1650 g/mol. The summed E-state index contributed by atoms with van der Waals surface area (Å²) in [6, 6.07) is 66.8. The van der Waals surface area contributed by atoms with E-state index < -0.39 is 92.7 Å². The molecule has 1 saturated heterocycles. The number of rotatable bonds is 37. The molecule has 3 unspecified atom stereocenters. The van der Waals surface area contributed by atoms with E-state index in [1.54, 1.807) is 45.5 Å². The number of hydrogen-bond donors (Lipinski definition) is 6. The molecule has 1 fully saturated rings. The fourth-order valence-electron chi connectivity index (χ4n) is 14.9. The minimum atomic E-state index is -2.47. The molecule has 0 spiro atoms. The number of nitrogens with zero attached hydrogens (tertiary/aromatic N) is 7. The number of aromatic amines is 1. The zero-order valence-electron chi connectivity index (χ0n) is 66.2. The van der Waals surface area contributed by atoms with Gasteiger partial charge in [0.05, 0.1) is 65.1 Å². The van der Waals surface area contributed by atoms with Gasteiger partial charge in [0.15, 0.2) is 11.2 Å². The van der Waals surface area contributed by atoms with Crippen molar-refractivity contribution in [1.82, 2.24) is 44.6 Å². The molecule has 6 N–H and O–H groups in total. The molecule has 11 aromatic rings. The summed E-state index contributed by atoms with van der Waals surface area (Å²) >= 11 is 0. The number of fused-ring (bicyclic) bond motifs is 7. The van der Waals surface area contributed by atoms with E-state index in [2.05, 4.69) is 71.5 Å². The molecule has 0 bridgehead atoms. The number of anilines is 2. The van der Waals surface area contributed by atoms with Gasteiger partial charge in [0, 0.05) is 69.5 Å². The van der Waals surface area contributed by atoms with Crippen molar-refractivity contribution in [2.45, 2.75) is 100 Å². The van der Waals surface area contributed by atoms with E-state index in [1.165, 1.54) is 35.0 Å². The Morgan fingerprint density at radius 2 is 1.27 bits per heavy atom. The maximum absolute atomic E-state index is 13.9. The lowest BCUT2D eigenvalue weighted by Crippen LogP contribution is -2.38. The van der Waals surface area contributed by atoms with Gasteiger partial charge in [0.2, 0.25) is 17.8 Å². The van der Waals surface area contributed by atoms with Gasteiger partial charge < -0.3 is 72.7 Å². The van der Waals surface area contributed by atoms with Gasteiger partial charge in [-0.2, -0.15) is 15.2 Å². The Bertz CT molecular complexity index is 5470. The quantitative estimate of drug-likeness (QED) is 0.0120. The number of aliphatic hydroxyl groups is 1. The molecule has 14 rings (SSSR count). The van der Waals surface area contributed by atoms with Crippen molar-refractivity contribution in [1.29, 1.82) is 5.26 Å². The topological polar surface area (TPSA) is 371 Å². The molecule has 3 aromatic heterocycles. The Hall–Kier alpha value is -12.8. The number of amides is 5. The number of benzene rings is 8. The predicted octanol–water partition coefficient (Wildman–Crippen LogP) is 12.4. The highest BCUT2D eigenvalue weighted by molar-refractivity contribution is 7.41. The van der Waals surface area contributed by atoms with E-state index in [1.807, 2.05) is 152 Å². The van der Waals surface area contributed by atoms with E-state index in [0.717, 1.165) is 60.2 Å². The second-order valence-corrected chi connectivity index (χ2v) is 29.9. The SMILES string of the molecule is COc1ccc(C(OC[C@H]2O[C@@H](n3cnc4c(=O)[nH]c(NC(=O)CCNC(=O)c5ccc(CNC(=O)OCC6c7ccccc7-c7ccccc76)cc5)nc43)CC2OP(OCCC#N)OC[C@@H](OCn2ccc(NC(=O)CCCN(C)C(=O)OCC3c4ccccc4-c4ccccc43)nc2=O)C(C)O)(c2ccccc2)c2ccc(OC)cc2)cc1. The molecule has 31 heteroatoms. The van der Waals surface area contributed by atoms with Crippen molar-refractivity contribution in [3.8, 4) is 39.8 Å². The molecule has 30 nitrogen and oxygen atoms in total. The third kappa shape index (κ3) is 19.6. The first-order valence-electron chi connectivity index (χ1n) is 39.1. The van der Waals surface area contributed by atoms with Crippen LogP contribution in [-0.2, 0) is 65.7 Å². The molecule has 0 saturated carbocycles. The minimum absolute atomic E-state index is 0.00101. The van der Waals surface area contributed by atoms with Crippen LogP contribution in [0.15, 0.2) is 228 Å². The van der Waals surface area contributed by atoms with Crippen LogP contribution < -0.4 is 42.0 Å². The maximum Gasteiger partial charge on any atom is 0.409 e. The van der Waals surface area contributed by atoms with Crippen LogP contribution in [0.2, 0.25) is 0 Å². The third-order valence-electron chi connectivity index (χ3n) is 21.1. The zero-order chi connectivity index (χ0) is 83.7. The summed E-state index contributed by atoms with van der Waals surface area (Å²) < 4.78 is 65.1. The smallest absolute Gasteiger partial charge is 0.409 e. The van der Waals surface area contributed by atoms with Crippen LogP contribution in [0.1, 0.15) is 112 Å². The number of alkyl carbamates (subject to hydrolysis) is 1. The number of H-pyrrole nitrogens is 1. The largest absolute Gasteiger partial charge is 0.497 e. The van der Waals surface area contributed by atoms with Crippen molar-refractivity contribution >= 4 is 61.4 Å². The number of carbonyl (C=O) groups is 5. The standard InChI is InChI=1S/C89H89N12O18P/c1-56(102)75(114-55-100-46-42-77(95-86(100)107)94-78(103)28-16-45-99(2)88(109)113-51-73-70-26-14-10-22-66(70)67-23-11-15-27-71(67)73)53-117-120(116-47-17-43-90)119-74-48-80(118-76(74)52-115-89(59-18-6-5-7-19-59,60-33-37-62(110-3)38-34-60)61-35-39-63(111-4)40-36-61)101-54-93-81-82(101)97-85(98-84(81)106)96-79(104)41-44-91-83(105)58-31-29-57(30-32-58)49-92-87(108)112-50-72-68-24-12-8-20-64(68)65-21-9-13-25-69(65)72/h5-15,18-27,29-40,42,46,54,56,72-76,80,102H,16-17,28,41,44-45,47-53,55H2,1-4H3,(H,91,105)(H,92,108)(H,94,95,103,107)(H2,96,97,98,104,106)/t56?,74?,75-,76-,80-,120?/m1/s1. The van der Waals surface area contributed by atoms with Gasteiger partial charge in [0.1, 0.15) is 61.3 Å². The molecule has 8 aromatic carbocycles. The number of aromatic nitrogens is 6. The van der Waals surface area contributed by atoms with Crippen molar-refractivity contribution in [3.63, 3.8) is 0 Å². The van der Waals surface area contributed by atoms with Crippen LogP contribution in [0.3, 0.4) is 0 Å². The van der Waals surface area contributed by atoms with Gasteiger partial charge in [-0.1, -0.05) is 164 Å². The van der Waals surface area contributed by atoms with Gasteiger partial charge in [0.25, 0.3) is 11.5 Å². The molecule has 2 aliphatic carbocycles. The monoisotopic (exact) mass is 1640 g/mol. The number of carbonyl (C=O) groups excluding carboxylic acids is 5. The Balaban J connectivity index is 0.620. The predicted molar refractivity (Wildman–Crippen MR) is 443 cm³/mol. The van der Waals surface area contributed by atoms with Crippen LogP contribution in [-0.4, -0.2) is 161 Å². The first kappa shape index (κ1) is 83.7. The molecule has 120 heavy (non-hydrogen) atoms.